The number of allylic oxidation sites excluding steroid dienone is 2. The van der Waals surface area contributed by atoms with Crippen LogP contribution in [0.15, 0.2) is 34.6 Å². The van der Waals surface area contributed by atoms with E-state index in [0.717, 1.165) is 29.0 Å². The number of hydrogen-bond acceptors (Lipinski definition) is 7. The highest BCUT2D eigenvalue weighted by Crippen LogP contribution is 2.46. The first kappa shape index (κ1) is 19.8. The van der Waals surface area contributed by atoms with Crippen LogP contribution in [0.25, 0.3) is 0 Å². The second-order valence-corrected chi connectivity index (χ2v) is 9.35. The zero-order valence-corrected chi connectivity index (χ0v) is 18.0. The molecule has 1 aliphatic heterocycles. The van der Waals surface area contributed by atoms with Crippen LogP contribution in [0.3, 0.4) is 0 Å². The third-order valence-electron chi connectivity index (χ3n) is 5.19. The molecule has 0 bridgehead atoms. The Hall–Kier alpha value is -2.48. The van der Waals surface area contributed by atoms with Crippen molar-refractivity contribution in [2.24, 2.45) is 5.41 Å². The van der Waals surface area contributed by atoms with Crippen molar-refractivity contribution in [3.63, 3.8) is 0 Å². The highest BCUT2D eigenvalue weighted by atomic mass is 32.2. The number of phenolic OH excluding ortho intramolecular Hbond substituents is 1. The molecular weight excluding hydrogens is 388 g/mol. The van der Waals surface area contributed by atoms with Gasteiger partial charge in [-0.25, -0.2) is 4.68 Å². The summed E-state index contributed by atoms with van der Waals surface area (Å²) in [6, 6.07) is 4.83. The SMILES string of the molecule is CCOc1cc([C@H]2C3=C(CC(C)(C)CC3=O)Nc3nc(SCC)nn32)ccc1O. The molecule has 0 radical (unpaired) electrons. The number of aromatic hydroxyl groups is 1. The van der Waals surface area contributed by atoms with Crippen molar-refractivity contribution in [3.8, 4) is 11.5 Å². The van der Waals surface area contributed by atoms with Crippen molar-refractivity contribution in [2.45, 2.75) is 51.7 Å². The Balaban J connectivity index is 1.88. The van der Waals surface area contributed by atoms with Crippen LogP contribution in [-0.2, 0) is 4.79 Å². The van der Waals surface area contributed by atoms with Crippen LogP contribution in [0.2, 0.25) is 0 Å². The molecule has 4 rings (SSSR count). The van der Waals surface area contributed by atoms with E-state index in [-0.39, 0.29) is 16.9 Å². The molecule has 2 heterocycles. The van der Waals surface area contributed by atoms with Crippen molar-refractivity contribution in [3.05, 3.63) is 35.0 Å². The number of carbonyl (C=O) groups is 1. The first-order valence-electron chi connectivity index (χ1n) is 9.91. The fourth-order valence-electron chi connectivity index (χ4n) is 4.06. The van der Waals surface area contributed by atoms with Crippen LogP contribution in [0.4, 0.5) is 5.95 Å². The predicted octanol–water partition coefficient (Wildman–Crippen LogP) is 4.15. The Labute approximate surface area is 174 Å². The topological polar surface area (TPSA) is 89.3 Å². The van der Waals surface area contributed by atoms with E-state index in [1.165, 1.54) is 0 Å². The molecule has 2 aliphatic rings. The van der Waals surface area contributed by atoms with Crippen molar-refractivity contribution in [2.75, 3.05) is 17.7 Å². The van der Waals surface area contributed by atoms with Crippen LogP contribution < -0.4 is 10.1 Å². The third kappa shape index (κ3) is 3.61. The molecule has 0 spiro atoms. The van der Waals surface area contributed by atoms with Gasteiger partial charge in [-0.3, -0.25) is 4.79 Å². The molecule has 1 aromatic carbocycles. The highest BCUT2D eigenvalue weighted by molar-refractivity contribution is 7.99. The van der Waals surface area contributed by atoms with Crippen LogP contribution in [0.1, 0.15) is 52.1 Å². The predicted molar refractivity (Wildman–Crippen MR) is 113 cm³/mol. The van der Waals surface area contributed by atoms with Crippen molar-refractivity contribution in [1.82, 2.24) is 14.8 Å². The number of rotatable bonds is 5. The van der Waals surface area contributed by atoms with E-state index in [1.54, 1.807) is 28.6 Å². The maximum atomic E-state index is 13.2. The number of carbonyl (C=O) groups excluding carboxylic acids is 1. The number of anilines is 1. The van der Waals surface area contributed by atoms with Gasteiger partial charge in [0.2, 0.25) is 11.1 Å². The van der Waals surface area contributed by atoms with Gasteiger partial charge in [0.1, 0.15) is 6.04 Å². The summed E-state index contributed by atoms with van der Waals surface area (Å²) in [6.45, 7) is 8.58. The van der Waals surface area contributed by atoms with E-state index in [1.807, 2.05) is 13.0 Å². The summed E-state index contributed by atoms with van der Waals surface area (Å²) in [6.07, 6.45) is 1.26. The quantitative estimate of drug-likeness (QED) is 0.710. The van der Waals surface area contributed by atoms with Crippen molar-refractivity contribution in [1.29, 1.82) is 0 Å². The number of phenols is 1. The zero-order valence-electron chi connectivity index (χ0n) is 17.2. The highest BCUT2D eigenvalue weighted by Gasteiger charge is 2.42. The molecule has 1 aliphatic carbocycles. The molecule has 29 heavy (non-hydrogen) atoms. The summed E-state index contributed by atoms with van der Waals surface area (Å²) >= 11 is 1.56. The Bertz CT molecular complexity index is 996. The fraction of sp³-hybridized carbons (Fsp3) is 0.476. The molecule has 1 atom stereocenters. The molecular formula is C21H26N4O3S. The molecule has 0 saturated heterocycles. The maximum Gasteiger partial charge on any atom is 0.227 e. The van der Waals surface area contributed by atoms with E-state index in [9.17, 15) is 9.90 Å². The fourth-order valence-corrected chi connectivity index (χ4v) is 4.61. The van der Waals surface area contributed by atoms with Gasteiger partial charge >= 0.3 is 0 Å². The molecule has 7 nitrogen and oxygen atoms in total. The lowest BCUT2D eigenvalue weighted by atomic mass is 9.73. The number of benzene rings is 1. The van der Waals surface area contributed by atoms with Gasteiger partial charge in [-0.2, -0.15) is 4.98 Å². The van der Waals surface area contributed by atoms with E-state index < -0.39 is 6.04 Å². The average Bonchev–Trinajstić information content (AvgIpc) is 3.03. The Morgan fingerprint density at radius 3 is 2.86 bits per heavy atom. The molecule has 0 saturated carbocycles. The van der Waals surface area contributed by atoms with E-state index in [4.69, 9.17) is 4.74 Å². The van der Waals surface area contributed by atoms with Gasteiger partial charge in [-0.1, -0.05) is 38.6 Å². The number of ketones is 1. The summed E-state index contributed by atoms with van der Waals surface area (Å²) in [5, 5.41) is 18.9. The maximum absolute atomic E-state index is 13.2. The van der Waals surface area contributed by atoms with Crippen LogP contribution in [0.5, 0.6) is 11.5 Å². The monoisotopic (exact) mass is 414 g/mol. The smallest absolute Gasteiger partial charge is 0.227 e. The van der Waals surface area contributed by atoms with E-state index in [2.05, 4.69) is 36.2 Å². The lowest BCUT2D eigenvalue weighted by Crippen LogP contribution is -2.36. The van der Waals surface area contributed by atoms with Gasteiger partial charge < -0.3 is 15.2 Å². The Morgan fingerprint density at radius 2 is 2.14 bits per heavy atom. The number of nitrogens with one attached hydrogen (secondary N) is 1. The van der Waals surface area contributed by atoms with Gasteiger partial charge in [0.25, 0.3) is 0 Å². The van der Waals surface area contributed by atoms with Crippen LogP contribution in [-0.4, -0.2) is 38.0 Å². The Kier molecular flexibility index (Phi) is 5.06. The largest absolute Gasteiger partial charge is 0.504 e. The van der Waals surface area contributed by atoms with Gasteiger partial charge in [-0.15, -0.1) is 5.10 Å². The minimum absolute atomic E-state index is 0.0795. The number of aromatic nitrogens is 3. The normalized spacial score (nSPS) is 20.1. The number of thioether (sulfide) groups is 1. The van der Waals surface area contributed by atoms with Crippen molar-refractivity contribution < 1.29 is 14.6 Å². The lowest BCUT2D eigenvalue weighted by Gasteiger charge is -2.38. The van der Waals surface area contributed by atoms with Crippen LogP contribution in [0, 0.1) is 5.41 Å². The number of nitrogens with zero attached hydrogens (tertiary/aromatic N) is 3. The first-order chi connectivity index (χ1) is 13.8. The van der Waals surface area contributed by atoms with E-state index in [0.29, 0.717) is 29.9 Å². The number of hydrogen-bond donors (Lipinski definition) is 2. The third-order valence-corrected chi connectivity index (χ3v) is 5.91. The standard InChI is InChI=1S/C21H26N4O3S/c1-5-28-16-9-12(7-8-14(16)26)18-17-13(10-21(3,4)11-15(17)27)22-19-23-20(29-6-2)24-25(18)19/h7-9,18,26H,5-6,10-11H2,1-4H3,(H,22,23,24)/t18-/m0/s1. The molecule has 8 heteroatoms. The second-order valence-electron chi connectivity index (χ2n) is 8.12. The minimum atomic E-state index is -0.400. The molecule has 154 valence electrons. The molecule has 0 fully saturated rings. The summed E-state index contributed by atoms with van der Waals surface area (Å²) in [7, 11) is 0. The molecule has 2 aromatic rings. The first-order valence-corrected chi connectivity index (χ1v) is 10.9. The van der Waals surface area contributed by atoms with Crippen LogP contribution >= 0.6 is 11.8 Å². The van der Waals surface area contributed by atoms with Gasteiger partial charge in [0.15, 0.2) is 17.3 Å². The molecule has 0 unspecified atom stereocenters. The number of Topliss-reactive ketones (excluding diaryl/α,β-unsaturated/α-hetero) is 1. The summed E-state index contributed by atoms with van der Waals surface area (Å²) in [5.41, 5.74) is 2.37. The molecule has 1 aromatic heterocycles. The number of ether oxygens (including phenoxy) is 1. The molecule has 0 amide bonds. The van der Waals surface area contributed by atoms with Crippen molar-refractivity contribution >= 4 is 23.5 Å². The second kappa shape index (κ2) is 7.40. The Morgan fingerprint density at radius 1 is 1.34 bits per heavy atom. The summed E-state index contributed by atoms with van der Waals surface area (Å²) in [4.78, 5) is 17.8. The minimum Gasteiger partial charge on any atom is -0.504 e. The average molecular weight is 415 g/mol. The summed E-state index contributed by atoms with van der Waals surface area (Å²) in [5.74, 6) is 2.10. The summed E-state index contributed by atoms with van der Waals surface area (Å²) < 4.78 is 7.37. The zero-order chi connectivity index (χ0) is 20.8. The lowest BCUT2D eigenvalue weighted by molar-refractivity contribution is -0.118. The van der Waals surface area contributed by atoms with Gasteiger partial charge in [0.05, 0.1) is 6.61 Å². The van der Waals surface area contributed by atoms with Gasteiger partial charge in [-0.05, 0) is 42.2 Å². The van der Waals surface area contributed by atoms with E-state index >= 15 is 0 Å². The number of fused-ring (bicyclic) bond motifs is 1. The van der Waals surface area contributed by atoms with Gasteiger partial charge in [0, 0.05) is 17.7 Å². The molecule has 2 N–H and O–H groups in total.